The zero-order chi connectivity index (χ0) is 16.8. The molecule has 3 heterocycles. The molecule has 1 aliphatic rings. The summed E-state index contributed by atoms with van der Waals surface area (Å²) in [5.74, 6) is 0. The Morgan fingerprint density at radius 2 is 1.52 bits per heavy atom. The van der Waals surface area contributed by atoms with Crippen LogP contribution in [0, 0.1) is 0 Å². The van der Waals surface area contributed by atoms with Gasteiger partial charge in [-0.1, -0.05) is 0 Å². The third-order valence-electron chi connectivity index (χ3n) is 3.38. The molecule has 0 amide bonds. The molecule has 2 aromatic rings. The fourth-order valence-electron chi connectivity index (χ4n) is 2.32. The molecule has 3 rings (SSSR count). The van der Waals surface area contributed by atoms with Crippen LogP contribution in [0.15, 0.2) is 17.4 Å². The normalized spacial score (nSPS) is 19.9. The van der Waals surface area contributed by atoms with Gasteiger partial charge in [-0.05, 0) is 0 Å². The second-order valence-electron chi connectivity index (χ2n) is 4.89. The van der Waals surface area contributed by atoms with Gasteiger partial charge in [0, 0.05) is 59.1 Å². The van der Waals surface area contributed by atoms with Crippen LogP contribution in [-0.2, 0) is 13.8 Å². The third kappa shape index (κ3) is 12.0. The number of phosphoric ester groups is 1. The predicted molar refractivity (Wildman–Crippen MR) is 112 cm³/mol. The van der Waals surface area contributed by atoms with E-state index < -0.39 is 44.5 Å². The number of hydrogen-bond acceptors (Lipinski definition) is 8. The maximum Gasteiger partial charge on any atom is 0.469 e. The summed E-state index contributed by atoms with van der Waals surface area (Å²) in [5.41, 5.74) is -0.336. The molecule has 0 aliphatic carbocycles. The topological polar surface area (TPSA) is 432 Å². The summed E-state index contributed by atoms with van der Waals surface area (Å²) in [7, 11) is -4.74. The van der Waals surface area contributed by atoms with Crippen molar-refractivity contribution in [1.82, 2.24) is 19.5 Å². The van der Waals surface area contributed by atoms with Gasteiger partial charge in [0.05, 0.1) is 19.3 Å². The van der Waals surface area contributed by atoms with Crippen LogP contribution < -0.4 is 5.56 Å². The van der Waals surface area contributed by atoms with Gasteiger partial charge in [0.2, 0.25) is 0 Å². The summed E-state index contributed by atoms with van der Waals surface area (Å²) < 4.78 is 21.6. The second kappa shape index (κ2) is 21.3. The fourth-order valence-corrected chi connectivity index (χ4v) is 2.66. The number of H-pyrrole nitrogens is 1. The van der Waals surface area contributed by atoms with E-state index in [1.54, 1.807) is 0 Å². The first-order chi connectivity index (χ1) is 10.8. The van der Waals surface area contributed by atoms with Gasteiger partial charge in [-0.2, -0.15) is 0 Å². The molecule has 0 saturated carbocycles. The van der Waals surface area contributed by atoms with Crippen LogP contribution in [0.25, 0.3) is 11.2 Å². The molecule has 4 atom stereocenters. The van der Waals surface area contributed by atoms with E-state index in [0.29, 0.717) is 0 Å². The number of fused-ring (bicyclic) bond motifs is 1. The van der Waals surface area contributed by atoms with E-state index in [4.69, 9.17) is 14.5 Å². The Morgan fingerprint density at radius 3 is 2.00 bits per heavy atom. The third-order valence-corrected chi connectivity index (χ3v) is 3.87. The number of aliphatic hydroxyl groups excluding tert-OH is 2. The van der Waals surface area contributed by atoms with Gasteiger partial charge >= 0.3 is 7.82 Å². The van der Waals surface area contributed by atoms with Crippen molar-refractivity contribution in [3.63, 3.8) is 0 Å². The van der Waals surface area contributed by atoms with E-state index in [-0.39, 0.29) is 114 Å². The fraction of sp³-hybridized carbons (Fsp3) is 0.500. The van der Waals surface area contributed by atoms with Gasteiger partial charge < -0.3 is 73.5 Å². The Kier molecular flexibility index (Phi) is 34.9. The number of aromatic nitrogens is 4. The van der Waals surface area contributed by atoms with Crippen molar-refractivity contribution < 1.29 is 77.6 Å². The molecule has 1 saturated heterocycles. The molecule has 0 bridgehead atoms. The second-order valence-corrected chi connectivity index (χ2v) is 6.13. The zero-order valence-corrected chi connectivity index (χ0v) is 22.3. The van der Waals surface area contributed by atoms with Crippen molar-refractivity contribution in [2.45, 2.75) is 24.5 Å². The molecule has 192 valence electrons. The predicted octanol–water partition coefficient (Wildman–Crippen LogP) is -9.51. The summed E-state index contributed by atoms with van der Waals surface area (Å²) in [6.45, 7) is -0.625. The molecule has 33 heavy (non-hydrogen) atoms. The first kappa shape index (κ1) is 54.1. The Bertz CT molecular complexity index is 835. The molecule has 1 fully saturated rings. The monoisotopic (exact) mass is 538 g/mol. The number of nitrogens with zero attached hydrogens (tertiary/aromatic N) is 3. The molecule has 2 aromatic heterocycles. The molecule has 0 aromatic carbocycles. The first-order valence-electron chi connectivity index (χ1n) is 6.40. The van der Waals surface area contributed by atoms with Gasteiger partial charge in [-0.25, -0.2) is 14.5 Å². The van der Waals surface area contributed by atoms with E-state index in [2.05, 4.69) is 19.5 Å². The summed E-state index contributed by atoms with van der Waals surface area (Å²) in [6, 6.07) is 0. The Hall–Kier alpha value is 0.0200. The van der Waals surface area contributed by atoms with Crippen molar-refractivity contribution in [1.29, 1.82) is 0 Å². The van der Waals surface area contributed by atoms with Gasteiger partial charge in [-0.15, -0.1) is 0 Å². The van der Waals surface area contributed by atoms with Crippen LogP contribution in [0.4, 0.5) is 0 Å². The molecule has 20 nitrogen and oxygen atoms in total. The van der Waals surface area contributed by atoms with Gasteiger partial charge in [0.1, 0.15) is 18.3 Å². The first-order valence-corrected chi connectivity index (χ1v) is 7.93. The molecular weight excluding hydrogens is 509 g/mol. The largest absolute Gasteiger partial charge is 0.469 e. The van der Waals surface area contributed by atoms with Crippen molar-refractivity contribution in [2.24, 2.45) is 0 Å². The summed E-state index contributed by atoms with van der Waals surface area (Å²) >= 11 is 0. The number of imidazole rings is 1. The van der Waals surface area contributed by atoms with Crippen molar-refractivity contribution in [3.8, 4) is 0 Å². The van der Waals surface area contributed by atoms with Crippen LogP contribution in [0.3, 0.4) is 0 Å². The number of nitrogens with one attached hydrogen (secondary N) is 1. The molecule has 0 spiro atoms. The van der Waals surface area contributed by atoms with Crippen molar-refractivity contribution >= 4 is 78.1 Å². The summed E-state index contributed by atoms with van der Waals surface area (Å²) in [4.78, 5) is 39.1. The number of phosphoric acid groups is 1. The summed E-state index contributed by atoms with van der Waals surface area (Å²) in [5, 5.41) is 20.0. The molecule has 2 radical (unpaired) electrons. The van der Waals surface area contributed by atoms with Crippen LogP contribution in [0.1, 0.15) is 6.23 Å². The number of aliphatic hydroxyl groups is 2. The van der Waals surface area contributed by atoms with E-state index in [0.717, 1.165) is 6.33 Å². The zero-order valence-electron chi connectivity index (χ0n) is 17.4. The number of aromatic amines is 1. The van der Waals surface area contributed by atoms with Crippen LogP contribution in [-0.4, -0.2) is 167 Å². The minimum absolute atomic E-state index is 0. The summed E-state index contributed by atoms with van der Waals surface area (Å²) in [6.07, 6.45) is -2.85. The van der Waals surface area contributed by atoms with Crippen LogP contribution in [0.2, 0.25) is 0 Å². The maximum atomic E-state index is 11.6. The van der Waals surface area contributed by atoms with Crippen molar-refractivity contribution in [2.75, 3.05) is 6.61 Å². The molecule has 0 unspecified atom stereocenters. The Morgan fingerprint density at radius 1 is 1.00 bits per heavy atom. The van der Waals surface area contributed by atoms with Gasteiger partial charge in [0.25, 0.3) is 5.56 Å². The van der Waals surface area contributed by atoms with E-state index in [1.165, 1.54) is 10.9 Å². The number of ether oxygens (including phenoxy) is 1. The molecule has 1 aliphatic heterocycles. The average molecular weight is 538 g/mol. The Labute approximate surface area is 228 Å². The smallest absolute Gasteiger partial charge is 0.412 e. The van der Waals surface area contributed by atoms with Crippen LogP contribution in [0.5, 0.6) is 0 Å². The van der Waals surface area contributed by atoms with Crippen molar-refractivity contribution in [3.05, 3.63) is 23.0 Å². The Balaban J connectivity index is -0.000000104. The molecule has 23 heteroatoms. The average Bonchev–Trinajstić information content (AvgIpc) is 3.01. The minimum Gasteiger partial charge on any atom is -0.412 e. The van der Waals surface area contributed by atoms with Crippen LogP contribution >= 0.6 is 7.82 Å². The maximum absolute atomic E-state index is 11.6. The van der Waals surface area contributed by atoms with E-state index in [1.807, 2.05) is 0 Å². The molecular formula is C10H29N4Na2O16P. The van der Waals surface area contributed by atoms with Gasteiger partial charge in [0.15, 0.2) is 17.4 Å². The van der Waals surface area contributed by atoms with Gasteiger partial charge in [-0.3, -0.25) is 13.9 Å². The SMILES string of the molecule is O.O.O.O.O.O.O.O.O=c1[nH]cnc2c1ncn2[C@@H]1O[C@H](COP(=O)(O)O)[C@@H](O)[C@H]1O.[Na].[Na]. The van der Waals surface area contributed by atoms with E-state index >= 15 is 0 Å². The van der Waals surface area contributed by atoms with E-state index in [9.17, 15) is 19.6 Å². The quantitative estimate of drug-likeness (QED) is 0.181. The number of rotatable bonds is 4. The minimum atomic E-state index is -4.74. The molecule has 21 N–H and O–H groups in total. The standard InChI is InChI=1S/C10H13N4O8P.2Na.8H2O/c15-6-4(1-21-23(18,19)20)22-10(7(6)16)14-3-13-5-8(14)11-2-12-9(5)17;;;;;;;;;;/h2-4,6-7,10,15-16H,1H2,(H,11,12,17)(H2,18,19,20);;;8*1H2/t4-,6-,7-,10-;;;;;;;;;;/m1........../s1. The number of hydrogen-bond donors (Lipinski definition) is 5.